The average Bonchev–Trinajstić information content (AvgIpc) is 2.49. The molecule has 0 spiro atoms. The Bertz CT molecular complexity index is 606. The van der Waals surface area contributed by atoms with Crippen LogP contribution in [0.1, 0.15) is 25.0 Å². The first kappa shape index (κ1) is 14.3. The fourth-order valence-corrected chi connectivity index (χ4v) is 2.01. The van der Waals surface area contributed by atoms with Gasteiger partial charge in [-0.3, -0.25) is 4.79 Å². The Balaban J connectivity index is 2.01. The minimum atomic E-state index is -0.523. The quantitative estimate of drug-likeness (QED) is 0.879. The number of nitrogens with zero attached hydrogens (tertiary/aromatic N) is 1. The molecule has 0 aliphatic rings. The molecular weight excluding hydrogens is 254 g/mol. The summed E-state index contributed by atoms with van der Waals surface area (Å²) in [5.41, 5.74) is 0.744. The number of rotatable bonds is 6. The van der Waals surface area contributed by atoms with Gasteiger partial charge in [-0.2, -0.15) is 0 Å². The third-order valence-electron chi connectivity index (χ3n) is 3.15. The summed E-state index contributed by atoms with van der Waals surface area (Å²) in [4.78, 5) is 11.6. The number of benzene rings is 1. The van der Waals surface area contributed by atoms with Crippen LogP contribution in [-0.2, 0) is 6.54 Å². The normalized spacial score (nSPS) is 12.1. The molecule has 0 amide bonds. The van der Waals surface area contributed by atoms with Crippen molar-refractivity contribution in [2.45, 2.75) is 26.0 Å². The highest BCUT2D eigenvalue weighted by Crippen LogP contribution is 2.26. The lowest BCUT2D eigenvalue weighted by atomic mass is 10.1. The minimum Gasteiger partial charge on any atom is -0.491 e. The van der Waals surface area contributed by atoms with Crippen molar-refractivity contribution in [1.82, 2.24) is 4.57 Å². The van der Waals surface area contributed by atoms with E-state index in [0.717, 1.165) is 5.56 Å². The van der Waals surface area contributed by atoms with Crippen molar-refractivity contribution in [1.29, 1.82) is 0 Å². The highest BCUT2D eigenvalue weighted by molar-refractivity contribution is 5.34. The number of hydrogen-bond donors (Lipinski definition) is 1. The Morgan fingerprint density at radius 3 is 2.70 bits per heavy atom. The summed E-state index contributed by atoms with van der Waals surface area (Å²) >= 11 is 0. The number of ether oxygens (including phenoxy) is 1. The molecule has 1 heterocycles. The molecule has 4 heteroatoms. The first-order chi connectivity index (χ1) is 9.72. The Morgan fingerprint density at radius 2 is 1.95 bits per heavy atom. The Morgan fingerprint density at radius 1 is 1.20 bits per heavy atom. The Hall–Kier alpha value is -2.07. The van der Waals surface area contributed by atoms with Gasteiger partial charge in [0.25, 0.3) is 5.56 Å². The zero-order valence-corrected chi connectivity index (χ0v) is 11.5. The monoisotopic (exact) mass is 273 g/mol. The summed E-state index contributed by atoms with van der Waals surface area (Å²) in [5.74, 6) is 0.672. The first-order valence-electron chi connectivity index (χ1n) is 6.77. The maximum Gasteiger partial charge on any atom is 0.250 e. The van der Waals surface area contributed by atoms with Crippen molar-refractivity contribution < 1.29 is 9.84 Å². The second-order valence-electron chi connectivity index (χ2n) is 4.54. The first-order valence-corrected chi connectivity index (χ1v) is 6.77. The fraction of sp³-hybridized carbons (Fsp3) is 0.312. The van der Waals surface area contributed by atoms with Crippen LogP contribution in [0.25, 0.3) is 0 Å². The minimum absolute atomic E-state index is 0.0435. The summed E-state index contributed by atoms with van der Waals surface area (Å²) in [6.07, 6.45) is 1.85. The third kappa shape index (κ3) is 3.48. The molecule has 1 N–H and O–H groups in total. The second-order valence-corrected chi connectivity index (χ2v) is 4.54. The largest absolute Gasteiger partial charge is 0.491 e. The van der Waals surface area contributed by atoms with E-state index in [0.29, 0.717) is 25.3 Å². The van der Waals surface area contributed by atoms with Gasteiger partial charge in [-0.25, -0.2) is 0 Å². The predicted octanol–water partition coefficient (Wildman–Crippen LogP) is 2.37. The van der Waals surface area contributed by atoms with Crippen LogP contribution < -0.4 is 10.3 Å². The van der Waals surface area contributed by atoms with E-state index in [1.807, 2.05) is 37.3 Å². The predicted molar refractivity (Wildman–Crippen MR) is 77.9 cm³/mol. The van der Waals surface area contributed by atoms with Gasteiger partial charge in [0.05, 0.1) is 12.6 Å². The lowest BCUT2D eigenvalue weighted by molar-refractivity contribution is 0.166. The number of aliphatic hydroxyl groups excluding tert-OH is 1. The van der Waals surface area contributed by atoms with E-state index in [2.05, 4.69) is 0 Å². The molecule has 0 bridgehead atoms. The fourth-order valence-electron chi connectivity index (χ4n) is 2.01. The highest BCUT2D eigenvalue weighted by Gasteiger charge is 2.10. The van der Waals surface area contributed by atoms with Gasteiger partial charge in [-0.15, -0.1) is 0 Å². The molecule has 1 aromatic heterocycles. The number of hydrogen-bond acceptors (Lipinski definition) is 3. The average molecular weight is 273 g/mol. The van der Waals surface area contributed by atoms with Crippen LogP contribution in [-0.4, -0.2) is 16.3 Å². The smallest absolute Gasteiger partial charge is 0.250 e. The Labute approximate surface area is 118 Å². The number of pyridine rings is 1. The van der Waals surface area contributed by atoms with Crippen molar-refractivity contribution in [2.24, 2.45) is 0 Å². The Kier molecular flexibility index (Phi) is 4.96. The van der Waals surface area contributed by atoms with E-state index in [1.54, 1.807) is 16.8 Å². The molecule has 4 nitrogen and oxygen atoms in total. The van der Waals surface area contributed by atoms with Gasteiger partial charge in [-0.1, -0.05) is 31.2 Å². The molecule has 2 rings (SSSR count). The number of aromatic nitrogens is 1. The number of para-hydroxylation sites is 1. The van der Waals surface area contributed by atoms with Crippen LogP contribution in [0.15, 0.2) is 53.5 Å². The van der Waals surface area contributed by atoms with Crippen LogP contribution >= 0.6 is 0 Å². The molecule has 0 radical (unpaired) electrons. The lowest BCUT2D eigenvalue weighted by Gasteiger charge is -2.15. The molecule has 0 aliphatic carbocycles. The third-order valence-corrected chi connectivity index (χ3v) is 3.15. The molecule has 0 fully saturated rings. The van der Waals surface area contributed by atoms with Gasteiger partial charge in [-0.05, 0) is 18.6 Å². The van der Waals surface area contributed by atoms with E-state index in [-0.39, 0.29) is 5.56 Å². The maximum atomic E-state index is 11.6. The second kappa shape index (κ2) is 6.91. The lowest BCUT2D eigenvalue weighted by Crippen LogP contribution is -2.21. The van der Waals surface area contributed by atoms with E-state index in [4.69, 9.17) is 4.74 Å². The van der Waals surface area contributed by atoms with Crippen molar-refractivity contribution in [3.63, 3.8) is 0 Å². The van der Waals surface area contributed by atoms with E-state index < -0.39 is 6.10 Å². The standard InChI is InChI=1S/C16H19NO3/c1-2-14(18)13-7-3-4-8-15(13)20-12-11-17-10-6-5-9-16(17)19/h3-10,14,18H,2,11-12H2,1H3/t14-/m0/s1. The summed E-state index contributed by atoms with van der Waals surface area (Å²) in [7, 11) is 0. The van der Waals surface area contributed by atoms with Crippen LogP contribution in [0.4, 0.5) is 0 Å². The number of aliphatic hydroxyl groups is 1. The summed E-state index contributed by atoms with van der Waals surface area (Å²) in [6.45, 7) is 2.79. The van der Waals surface area contributed by atoms with Crippen molar-refractivity contribution in [2.75, 3.05) is 6.61 Å². The van der Waals surface area contributed by atoms with Gasteiger partial charge in [0.15, 0.2) is 0 Å². The summed E-state index contributed by atoms with van der Waals surface area (Å²) in [6, 6.07) is 12.5. The van der Waals surface area contributed by atoms with Gasteiger partial charge < -0.3 is 14.4 Å². The van der Waals surface area contributed by atoms with Crippen LogP contribution in [0, 0.1) is 0 Å². The molecule has 0 aliphatic heterocycles. The molecule has 0 unspecified atom stereocenters. The van der Waals surface area contributed by atoms with Crippen molar-refractivity contribution in [3.05, 3.63) is 64.6 Å². The molecular formula is C16H19NO3. The molecule has 106 valence electrons. The molecule has 0 saturated carbocycles. The van der Waals surface area contributed by atoms with Gasteiger partial charge >= 0.3 is 0 Å². The van der Waals surface area contributed by atoms with Crippen molar-refractivity contribution in [3.8, 4) is 5.75 Å². The zero-order valence-electron chi connectivity index (χ0n) is 11.5. The summed E-state index contributed by atoms with van der Waals surface area (Å²) < 4.78 is 7.30. The van der Waals surface area contributed by atoms with Gasteiger partial charge in [0.2, 0.25) is 0 Å². The van der Waals surface area contributed by atoms with Crippen LogP contribution in [0.2, 0.25) is 0 Å². The topological polar surface area (TPSA) is 51.5 Å². The maximum absolute atomic E-state index is 11.6. The van der Waals surface area contributed by atoms with Gasteiger partial charge in [0.1, 0.15) is 12.4 Å². The molecule has 2 aromatic rings. The van der Waals surface area contributed by atoms with Crippen LogP contribution in [0.5, 0.6) is 5.75 Å². The van der Waals surface area contributed by atoms with Gasteiger partial charge in [0, 0.05) is 17.8 Å². The van der Waals surface area contributed by atoms with E-state index in [9.17, 15) is 9.90 Å². The SMILES string of the molecule is CC[C@H](O)c1ccccc1OCCn1ccccc1=O. The van der Waals surface area contributed by atoms with Crippen LogP contribution in [0.3, 0.4) is 0 Å². The van der Waals surface area contributed by atoms with E-state index in [1.165, 1.54) is 6.07 Å². The van der Waals surface area contributed by atoms with Crippen molar-refractivity contribution >= 4 is 0 Å². The summed E-state index contributed by atoms with van der Waals surface area (Å²) in [5, 5.41) is 9.94. The molecule has 0 saturated heterocycles. The zero-order chi connectivity index (χ0) is 14.4. The molecule has 1 aromatic carbocycles. The highest BCUT2D eigenvalue weighted by atomic mass is 16.5. The molecule has 20 heavy (non-hydrogen) atoms. The van der Waals surface area contributed by atoms with E-state index >= 15 is 0 Å². The molecule has 1 atom stereocenters.